The van der Waals surface area contributed by atoms with E-state index in [1.165, 1.54) is 15.1 Å². The maximum absolute atomic E-state index is 13.1. The number of aryl methyl sites for hydroxylation is 1. The molecule has 0 fully saturated rings. The fourth-order valence-corrected chi connectivity index (χ4v) is 5.87. The van der Waals surface area contributed by atoms with Gasteiger partial charge in [0.25, 0.3) is 0 Å². The summed E-state index contributed by atoms with van der Waals surface area (Å²) in [6.07, 6.45) is 3.68. The lowest BCUT2D eigenvalue weighted by molar-refractivity contribution is -0.117. The maximum atomic E-state index is 13.1. The predicted octanol–water partition coefficient (Wildman–Crippen LogP) is 2.29. The Labute approximate surface area is 201 Å². The number of anilines is 2. The fraction of sp³-hybridized carbons (Fsp3) is 0.609. The molecule has 0 bridgehead atoms. The molecule has 1 aromatic heterocycles. The van der Waals surface area contributed by atoms with Gasteiger partial charge in [-0.2, -0.15) is 9.40 Å². The molecule has 34 heavy (non-hydrogen) atoms. The van der Waals surface area contributed by atoms with E-state index < -0.39 is 15.9 Å². The highest BCUT2D eigenvalue weighted by atomic mass is 32.2. The Morgan fingerprint density at radius 1 is 1.06 bits per heavy atom. The van der Waals surface area contributed by atoms with Crippen molar-refractivity contribution < 1.29 is 13.2 Å². The van der Waals surface area contributed by atoms with Crippen LogP contribution in [0.4, 0.5) is 11.4 Å². The van der Waals surface area contributed by atoms with Gasteiger partial charge in [0, 0.05) is 39.1 Å². The molecule has 0 unspecified atom stereocenters. The Morgan fingerprint density at radius 2 is 1.76 bits per heavy atom. The first-order valence-corrected chi connectivity index (χ1v) is 13.6. The van der Waals surface area contributed by atoms with Gasteiger partial charge in [0.2, 0.25) is 15.9 Å². The molecule has 1 aliphatic rings. The summed E-state index contributed by atoms with van der Waals surface area (Å²) in [7, 11) is -3.69. The average Bonchev–Trinajstić information content (AvgIpc) is 2.96. The zero-order valence-corrected chi connectivity index (χ0v) is 21.4. The van der Waals surface area contributed by atoms with Gasteiger partial charge in [-0.25, -0.2) is 17.9 Å². The third-order valence-electron chi connectivity index (χ3n) is 6.26. The van der Waals surface area contributed by atoms with Gasteiger partial charge in [0.05, 0.1) is 16.3 Å². The second-order valence-electron chi connectivity index (χ2n) is 8.31. The number of nitrogens with zero attached hydrogens (tertiary/aromatic N) is 5. The van der Waals surface area contributed by atoms with E-state index in [-0.39, 0.29) is 17.1 Å². The number of amides is 1. The minimum absolute atomic E-state index is 0.119. The minimum atomic E-state index is -3.69. The van der Waals surface area contributed by atoms with E-state index in [1.54, 1.807) is 30.5 Å². The molecule has 11 heteroatoms. The van der Waals surface area contributed by atoms with Crippen molar-refractivity contribution in [2.75, 3.05) is 36.4 Å². The predicted molar refractivity (Wildman–Crippen MR) is 133 cm³/mol. The molecule has 0 saturated heterocycles. The Morgan fingerprint density at radius 3 is 2.41 bits per heavy atom. The van der Waals surface area contributed by atoms with Crippen LogP contribution in [0.15, 0.2) is 27.9 Å². The molecular formula is C23H36N6O4S. The normalized spacial score (nSPS) is 14.0. The van der Waals surface area contributed by atoms with Crippen LogP contribution in [0.2, 0.25) is 0 Å². The van der Waals surface area contributed by atoms with Crippen molar-refractivity contribution in [3.05, 3.63) is 34.5 Å². The second-order valence-corrected chi connectivity index (χ2v) is 10.2. The van der Waals surface area contributed by atoms with Gasteiger partial charge < -0.3 is 10.2 Å². The van der Waals surface area contributed by atoms with Crippen LogP contribution in [0.25, 0.3) is 0 Å². The zero-order valence-electron chi connectivity index (χ0n) is 20.6. The lowest BCUT2D eigenvalue weighted by Gasteiger charge is -2.26. The van der Waals surface area contributed by atoms with Gasteiger partial charge in [0.15, 0.2) is 0 Å². The number of fused-ring (bicyclic) bond motifs is 1. The van der Waals surface area contributed by atoms with Crippen LogP contribution < -0.4 is 15.9 Å². The summed E-state index contributed by atoms with van der Waals surface area (Å²) in [6, 6.07) is 4.81. The van der Waals surface area contributed by atoms with E-state index in [0.717, 1.165) is 31.4 Å². The van der Waals surface area contributed by atoms with E-state index in [1.807, 2.05) is 18.7 Å². The fourth-order valence-electron chi connectivity index (χ4n) is 4.38. The van der Waals surface area contributed by atoms with Crippen LogP contribution in [0.1, 0.15) is 52.8 Å². The first-order valence-electron chi connectivity index (χ1n) is 12.1. The molecule has 1 aliphatic heterocycles. The minimum Gasteiger partial charge on any atom is -0.370 e. The van der Waals surface area contributed by atoms with Gasteiger partial charge in [-0.15, -0.1) is 0 Å². The summed E-state index contributed by atoms with van der Waals surface area (Å²) < 4.78 is 30.4. The van der Waals surface area contributed by atoms with E-state index in [2.05, 4.69) is 10.4 Å². The molecule has 2 heterocycles. The molecule has 1 aromatic carbocycles. The monoisotopic (exact) mass is 492 g/mol. The molecule has 1 N–H and O–H groups in total. The number of carbonyl (C=O) groups is 1. The summed E-state index contributed by atoms with van der Waals surface area (Å²) in [5, 5.41) is 7.22. The van der Waals surface area contributed by atoms with Gasteiger partial charge in [-0.1, -0.05) is 20.3 Å². The summed E-state index contributed by atoms with van der Waals surface area (Å²) in [5.74, 6) is 0.285. The Bertz CT molecular complexity index is 1160. The number of nitrogens with one attached hydrogen (secondary N) is 1. The summed E-state index contributed by atoms with van der Waals surface area (Å²) >= 11 is 0. The molecule has 0 atom stereocenters. The van der Waals surface area contributed by atoms with Crippen LogP contribution in [0, 0.1) is 0 Å². The van der Waals surface area contributed by atoms with Crippen LogP contribution >= 0.6 is 0 Å². The van der Waals surface area contributed by atoms with Crippen molar-refractivity contribution in [3.8, 4) is 0 Å². The summed E-state index contributed by atoms with van der Waals surface area (Å²) in [4.78, 5) is 27.9. The molecule has 3 rings (SSSR count). The van der Waals surface area contributed by atoms with Crippen molar-refractivity contribution in [1.29, 1.82) is 0 Å². The largest absolute Gasteiger partial charge is 0.370 e. The van der Waals surface area contributed by atoms with Crippen LogP contribution in [-0.4, -0.2) is 59.2 Å². The average molecular weight is 493 g/mol. The number of hydrogen-bond donors (Lipinski definition) is 1. The quantitative estimate of drug-likeness (QED) is 0.545. The summed E-state index contributed by atoms with van der Waals surface area (Å²) in [6.45, 7) is 10.0. The van der Waals surface area contributed by atoms with Crippen LogP contribution in [-0.2, 0) is 34.3 Å². The first kappa shape index (κ1) is 26.0. The first-order chi connectivity index (χ1) is 16.3. The highest BCUT2D eigenvalue weighted by molar-refractivity contribution is 7.89. The molecule has 0 radical (unpaired) electrons. The smallest absolute Gasteiger partial charge is 0.346 e. The molecule has 10 nitrogen and oxygen atoms in total. The second kappa shape index (κ2) is 11.2. The number of benzene rings is 1. The van der Waals surface area contributed by atoms with E-state index in [9.17, 15) is 18.0 Å². The van der Waals surface area contributed by atoms with E-state index in [0.29, 0.717) is 44.2 Å². The van der Waals surface area contributed by atoms with Crippen molar-refractivity contribution in [2.24, 2.45) is 0 Å². The third kappa shape index (κ3) is 5.35. The van der Waals surface area contributed by atoms with Crippen molar-refractivity contribution in [3.63, 3.8) is 0 Å². The number of sulfonamides is 1. The highest BCUT2D eigenvalue weighted by Crippen LogP contribution is 2.30. The zero-order chi connectivity index (χ0) is 24.9. The lowest BCUT2D eigenvalue weighted by Crippen LogP contribution is -2.32. The van der Waals surface area contributed by atoms with Gasteiger partial charge in [-0.05, 0) is 44.9 Å². The molecule has 1 amide bonds. The molecule has 0 saturated carbocycles. The SMILES string of the molecule is CCN(CC)c1ccc(S(=O)(=O)N(CC)CC)cc1NC(=O)Cn1nc2n(c1=O)CCCCC2. The molecule has 0 aliphatic carbocycles. The third-order valence-corrected chi connectivity index (χ3v) is 8.31. The molecule has 2 aromatic rings. The highest BCUT2D eigenvalue weighted by Gasteiger charge is 2.24. The van der Waals surface area contributed by atoms with Crippen molar-refractivity contribution in [1.82, 2.24) is 18.7 Å². The van der Waals surface area contributed by atoms with Gasteiger partial charge >= 0.3 is 5.69 Å². The molecule has 0 spiro atoms. The topological polar surface area (TPSA) is 110 Å². The van der Waals surface area contributed by atoms with Crippen LogP contribution in [0.5, 0.6) is 0 Å². The molecular weight excluding hydrogens is 456 g/mol. The standard InChI is InChI=1S/C23H36N6O4S/c1-5-26(6-2)20-14-13-18(34(32,33)27(7-3)8-4)16-19(20)24-22(30)17-29-23(31)28-15-11-9-10-12-21(28)25-29/h13-14,16H,5-12,15,17H2,1-4H3,(H,24,30). The van der Waals surface area contributed by atoms with Gasteiger partial charge in [0.1, 0.15) is 12.4 Å². The maximum Gasteiger partial charge on any atom is 0.346 e. The van der Waals surface area contributed by atoms with Crippen LogP contribution in [0.3, 0.4) is 0 Å². The Hall–Kier alpha value is -2.66. The number of carbonyl (C=O) groups excluding carboxylic acids is 1. The number of aromatic nitrogens is 3. The molecule has 188 valence electrons. The van der Waals surface area contributed by atoms with Gasteiger partial charge in [-0.3, -0.25) is 9.36 Å². The Kier molecular flexibility index (Phi) is 8.53. The summed E-state index contributed by atoms with van der Waals surface area (Å²) in [5.41, 5.74) is 0.842. The van der Waals surface area contributed by atoms with E-state index >= 15 is 0 Å². The number of hydrogen-bond acceptors (Lipinski definition) is 6. The Balaban J connectivity index is 1.92. The van der Waals surface area contributed by atoms with Crippen molar-refractivity contribution >= 4 is 27.3 Å². The van der Waals surface area contributed by atoms with Crippen molar-refractivity contribution in [2.45, 2.75) is 71.4 Å². The van der Waals surface area contributed by atoms with E-state index in [4.69, 9.17) is 0 Å². The number of rotatable bonds is 10. The lowest BCUT2D eigenvalue weighted by atomic mass is 10.2.